The maximum absolute atomic E-state index is 14.1. The third-order valence-electron chi connectivity index (χ3n) is 4.68. The van der Waals surface area contributed by atoms with Crippen molar-refractivity contribution in [2.75, 3.05) is 18.0 Å². The lowest BCUT2D eigenvalue weighted by Gasteiger charge is -2.16. The Kier molecular flexibility index (Phi) is 4.25. The lowest BCUT2D eigenvalue weighted by atomic mass is 10.1. The standard InChI is InChI=1S/C17H18ClFN6/c1-2-11-5-20-17(21-6-11)24-4-3-12(7-24)8-25-9-13(19)14-15(18)22-10-23-16(14)25/h5-6,9-10,12H,2-4,7-8H2,1H3/t12-/m0/s1. The van der Waals surface area contributed by atoms with E-state index in [9.17, 15) is 4.39 Å². The molecule has 4 rings (SSSR count). The van der Waals surface area contributed by atoms with Crippen LogP contribution in [0.2, 0.25) is 5.15 Å². The quantitative estimate of drug-likeness (QED) is 0.669. The van der Waals surface area contributed by atoms with Crippen molar-refractivity contribution in [3.8, 4) is 0 Å². The highest BCUT2D eigenvalue weighted by Crippen LogP contribution is 2.27. The van der Waals surface area contributed by atoms with E-state index in [-0.39, 0.29) is 16.4 Å². The molecule has 0 unspecified atom stereocenters. The van der Waals surface area contributed by atoms with E-state index in [4.69, 9.17) is 11.6 Å². The molecule has 0 N–H and O–H groups in total. The number of fused-ring (bicyclic) bond motifs is 1. The van der Waals surface area contributed by atoms with Crippen LogP contribution < -0.4 is 4.90 Å². The Bertz CT molecular complexity index is 894. The van der Waals surface area contributed by atoms with Crippen molar-refractivity contribution in [2.45, 2.75) is 26.3 Å². The molecule has 1 atom stereocenters. The summed E-state index contributed by atoms with van der Waals surface area (Å²) in [4.78, 5) is 19.1. The van der Waals surface area contributed by atoms with Crippen LogP contribution in [0.5, 0.6) is 0 Å². The lowest BCUT2D eigenvalue weighted by Crippen LogP contribution is -2.23. The maximum atomic E-state index is 14.1. The molecule has 1 aliphatic heterocycles. The van der Waals surface area contributed by atoms with Gasteiger partial charge in [-0.25, -0.2) is 24.3 Å². The van der Waals surface area contributed by atoms with Gasteiger partial charge in [0.25, 0.3) is 0 Å². The zero-order valence-electron chi connectivity index (χ0n) is 13.9. The first-order valence-electron chi connectivity index (χ1n) is 8.36. The number of aryl methyl sites for hydroxylation is 1. The molecule has 1 aliphatic rings. The Morgan fingerprint density at radius 1 is 1.24 bits per heavy atom. The second-order valence-electron chi connectivity index (χ2n) is 6.34. The average Bonchev–Trinajstić information content (AvgIpc) is 3.21. The van der Waals surface area contributed by atoms with Gasteiger partial charge in [0.05, 0.1) is 5.39 Å². The minimum Gasteiger partial charge on any atom is -0.340 e. The molecule has 3 aromatic heterocycles. The molecule has 0 aromatic carbocycles. The molecule has 0 bridgehead atoms. The second kappa shape index (κ2) is 6.55. The lowest BCUT2D eigenvalue weighted by molar-refractivity contribution is 0.488. The van der Waals surface area contributed by atoms with Crippen LogP contribution in [0.4, 0.5) is 10.3 Å². The minimum atomic E-state index is -0.381. The predicted molar refractivity (Wildman–Crippen MR) is 94.2 cm³/mol. The van der Waals surface area contributed by atoms with Crippen LogP contribution in [0.1, 0.15) is 18.9 Å². The summed E-state index contributed by atoms with van der Waals surface area (Å²) in [6.45, 7) is 4.50. The van der Waals surface area contributed by atoms with Crippen LogP contribution in [0.3, 0.4) is 0 Å². The van der Waals surface area contributed by atoms with Crippen molar-refractivity contribution in [1.29, 1.82) is 0 Å². The number of aromatic nitrogens is 5. The monoisotopic (exact) mass is 360 g/mol. The van der Waals surface area contributed by atoms with Crippen molar-refractivity contribution >= 4 is 28.6 Å². The first kappa shape index (κ1) is 16.2. The number of rotatable bonds is 4. The van der Waals surface area contributed by atoms with Crippen molar-refractivity contribution in [2.24, 2.45) is 5.92 Å². The average molecular weight is 361 g/mol. The molecular weight excluding hydrogens is 343 g/mol. The molecule has 0 saturated carbocycles. The zero-order chi connectivity index (χ0) is 17.4. The van der Waals surface area contributed by atoms with E-state index in [0.29, 0.717) is 18.1 Å². The van der Waals surface area contributed by atoms with Gasteiger partial charge in [-0.15, -0.1) is 0 Å². The number of hydrogen-bond acceptors (Lipinski definition) is 5. The van der Waals surface area contributed by atoms with E-state index in [0.717, 1.165) is 37.4 Å². The van der Waals surface area contributed by atoms with Gasteiger partial charge in [0.1, 0.15) is 17.1 Å². The van der Waals surface area contributed by atoms with Crippen LogP contribution in [-0.2, 0) is 13.0 Å². The zero-order valence-corrected chi connectivity index (χ0v) is 14.6. The van der Waals surface area contributed by atoms with Crippen molar-refractivity contribution in [3.05, 3.63) is 41.5 Å². The van der Waals surface area contributed by atoms with Gasteiger partial charge in [-0.05, 0) is 24.3 Å². The fourth-order valence-electron chi connectivity index (χ4n) is 3.32. The van der Waals surface area contributed by atoms with Gasteiger partial charge < -0.3 is 9.47 Å². The fraction of sp³-hybridized carbons (Fsp3) is 0.412. The molecule has 1 fully saturated rings. The number of nitrogens with zero attached hydrogens (tertiary/aromatic N) is 6. The second-order valence-corrected chi connectivity index (χ2v) is 6.70. The Balaban J connectivity index is 1.50. The highest BCUT2D eigenvalue weighted by molar-refractivity contribution is 6.33. The summed E-state index contributed by atoms with van der Waals surface area (Å²) >= 11 is 5.99. The van der Waals surface area contributed by atoms with Crippen LogP contribution in [0, 0.1) is 11.7 Å². The first-order chi connectivity index (χ1) is 12.2. The molecule has 8 heteroatoms. The van der Waals surface area contributed by atoms with Crippen LogP contribution in [0.15, 0.2) is 24.9 Å². The van der Waals surface area contributed by atoms with Gasteiger partial charge in [-0.2, -0.15) is 0 Å². The van der Waals surface area contributed by atoms with Crippen molar-refractivity contribution in [3.63, 3.8) is 0 Å². The van der Waals surface area contributed by atoms with E-state index < -0.39 is 0 Å². The summed E-state index contributed by atoms with van der Waals surface area (Å²) in [5.74, 6) is 0.751. The Labute approximate surface area is 149 Å². The number of hydrogen-bond donors (Lipinski definition) is 0. The molecule has 0 spiro atoms. The van der Waals surface area contributed by atoms with Gasteiger partial charge in [-0.1, -0.05) is 18.5 Å². The van der Waals surface area contributed by atoms with Crippen LogP contribution in [0.25, 0.3) is 11.0 Å². The van der Waals surface area contributed by atoms with E-state index in [2.05, 4.69) is 31.8 Å². The third-order valence-corrected chi connectivity index (χ3v) is 4.97. The Morgan fingerprint density at radius 3 is 2.80 bits per heavy atom. The third kappa shape index (κ3) is 3.04. The molecular formula is C17H18ClFN6. The molecule has 6 nitrogen and oxygen atoms in total. The molecule has 0 radical (unpaired) electrons. The van der Waals surface area contributed by atoms with Crippen LogP contribution in [-0.4, -0.2) is 37.6 Å². The van der Waals surface area contributed by atoms with Crippen molar-refractivity contribution < 1.29 is 4.39 Å². The SMILES string of the molecule is CCc1cnc(N2CC[C@H](Cn3cc(F)c4c(Cl)ncnc43)C2)nc1. The van der Waals surface area contributed by atoms with Crippen molar-refractivity contribution in [1.82, 2.24) is 24.5 Å². The van der Waals surface area contributed by atoms with Gasteiger partial charge in [0, 0.05) is 38.2 Å². The van der Waals surface area contributed by atoms with Crippen LogP contribution >= 0.6 is 11.6 Å². The van der Waals surface area contributed by atoms with Gasteiger partial charge >= 0.3 is 0 Å². The molecule has 0 aliphatic carbocycles. The molecule has 3 aromatic rings. The summed E-state index contributed by atoms with van der Waals surface area (Å²) in [6, 6.07) is 0. The molecule has 4 heterocycles. The summed E-state index contributed by atoms with van der Waals surface area (Å²) in [5.41, 5.74) is 1.67. The maximum Gasteiger partial charge on any atom is 0.225 e. The van der Waals surface area contributed by atoms with E-state index in [1.165, 1.54) is 12.5 Å². The van der Waals surface area contributed by atoms with E-state index >= 15 is 0 Å². The summed E-state index contributed by atoms with van der Waals surface area (Å²) in [5, 5.41) is 0.441. The smallest absolute Gasteiger partial charge is 0.225 e. The predicted octanol–water partition coefficient (Wildman–Crippen LogP) is 3.10. The molecule has 25 heavy (non-hydrogen) atoms. The van der Waals surface area contributed by atoms with Gasteiger partial charge in [0.2, 0.25) is 5.95 Å². The molecule has 130 valence electrons. The Hall–Kier alpha value is -2.28. The highest BCUT2D eigenvalue weighted by atomic mass is 35.5. The largest absolute Gasteiger partial charge is 0.340 e. The summed E-state index contributed by atoms with van der Waals surface area (Å²) in [6.07, 6.45) is 8.51. The summed E-state index contributed by atoms with van der Waals surface area (Å²) < 4.78 is 16.0. The topological polar surface area (TPSA) is 59.7 Å². The minimum absolute atomic E-state index is 0.152. The van der Waals surface area contributed by atoms with E-state index in [1.54, 1.807) is 0 Å². The molecule has 1 saturated heterocycles. The fourth-order valence-corrected chi connectivity index (χ4v) is 3.53. The normalized spacial score (nSPS) is 17.6. The molecule has 0 amide bonds. The first-order valence-corrected chi connectivity index (χ1v) is 8.74. The van der Waals surface area contributed by atoms with Gasteiger partial charge in [-0.3, -0.25) is 0 Å². The number of halogens is 2. The summed E-state index contributed by atoms with van der Waals surface area (Å²) in [7, 11) is 0. The Morgan fingerprint density at radius 2 is 2.04 bits per heavy atom. The van der Waals surface area contributed by atoms with Gasteiger partial charge in [0.15, 0.2) is 5.82 Å². The van der Waals surface area contributed by atoms with E-state index in [1.807, 2.05) is 17.0 Å². The number of anilines is 1. The highest BCUT2D eigenvalue weighted by Gasteiger charge is 2.26.